The number of aromatic nitrogens is 3. The SMILES string of the molecule is C=CCn1c(SCc2ccc([N+](=O)[O-])cc2)nnc1[C@H]1COc2ccccc2O1. The van der Waals surface area contributed by atoms with Crippen LogP contribution in [0.3, 0.4) is 0 Å². The van der Waals surface area contributed by atoms with Crippen molar-refractivity contribution in [3.63, 3.8) is 0 Å². The summed E-state index contributed by atoms with van der Waals surface area (Å²) in [7, 11) is 0. The number of benzene rings is 2. The Hall–Kier alpha value is -3.33. The molecule has 2 aromatic carbocycles. The van der Waals surface area contributed by atoms with E-state index in [2.05, 4.69) is 16.8 Å². The number of nitro benzene ring substituents is 1. The Morgan fingerprint density at radius 1 is 1.21 bits per heavy atom. The van der Waals surface area contributed by atoms with E-state index < -0.39 is 4.92 Å². The molecule has 2 heterocycles. The molecule has 0 bridgehead atoms. The van der Waals surface area contributed by atoms with Crippen LogP contribution in [0.5, 0.6) is 11.5 Å². The van der Waals surface area contributed by atoms with Crippen molar-refractivity contribution in [2.24, 2.45) is 0 Å². The fraction of sp³-hybridized carbons (Fsp3) is 0.200. The van der Waals surface area contributed by atoms with Crippen LogP contribution in [0.2, 0.25) is 0 Å². The van der Waals surface area contributed by atoms with Crippen molar-refractivity contribution in [3.05, 3.63) is 82.7 Å². The third-order valence-corrected chi connectivity index (χ3v) is 5.41. The largest absolute Gasteiger partial charge is 0.485 e. The van der Waals surface area contributed by atoms with Gasteiger partial charge in [-0.05, 0) is 17.7 Å². The molecule has 1 aliphatic heterocycles. The Morgan fingerprint density at radius 2 is 1.97 bits per heavy atom. The van der Waals surface area contributed by atoms with Gasteiger partial charge in [-0.15, -0.1) is 16.8 Å². The van der Waals surface area contributed by atoms with Crippen LogP contribution in [0.4, 0.5) is 5.69 Å². The topological polar surface area (TPSA) is 92.3 Å². The average Bonchev–Trinajstić information content (AvgIpc) is 3.15. The lowest BCUT2D eigenvalue weighted by Gasteiger charge is -2.26. The van der Waals surface area contributed by atoms with Crippen LogP contribution >= 0.6 is 11.8 Å². The Morgan fingerprint density at radius 3 is 2.69 bits per heavy atom. The molecule has 3 aromatic rings. The van der Waals surface area contributed by atoms with E-state index in [1.165, 1.54) is 23.9 Å². The van der Waals surface area contributed by atoms with Crippen LogP contribution < -0.4 is 9.47 Å². The zero-order chi connectivity index (χ0) is 20.2. The molecule has 0 aliphatic carbocycles. The highest BCUT2D eigenvalue weighted by Gasteiger charge is 2.28. The van der Waals surface area contributed by atoms with Crippen LogP contribution in [0.15, 0.2) is 66.3 Å². The van der Waals surface area contributed by atoms with Gasteiger partial charge in [-0.2, -0.15) is 0 Å². The lowest BCUT2D eigenvalue weighted by Crippen LogP contribution is -2.25. The lowest BCUT2D eigenvalue weighted by atomic mass is 10.2. The molecular formula is C20H18N4O4S. The summed E-state index contributed by atoms with van der Waals surface area (Å²) in [6.45, 7) is 4.70. The maximum absolute atomic E-state index is 10.8. The van der Waals surface area contributed by atoms with Crippen molar-refractivity contribution in [3.8, 4) is 11.5 Å². The van der Waals surface area contributed by atoms with E-state index in [1.54, 1.807) is 18.2 Å². The molecule has 0 N–H and O–H groups in total. The van der Waals surface area contributed by atoms with Crippen LogP contribution in [0, 0.1) is 10.1 Å². The lowest BCUT2D eigenvalue weighted by molar-refractivity contribution is -0.384. The molecule has 0 fully saturated rings. The fourth-order valence-corrected chi connectivity index (χ4v) is 3.86. The highest BCUT2D eigenvalue weighted by atomic mass is 32.2. The van der Waals surface area contributed by atoms with Gasteiger partial charge in [-0.3, -0.25) is 14.7 Å². The van der Waals surface area contributed by atoms with Gasteiger partial charge in [-0.25, -0.2) is 0 Å². The number of non-ortho nitro benzene ring substituents is 1. The van der Waals surface area contributed by atoms with Crippen LogP contribution in [0.1, 0.15) is 17.5 Å². The molecule has 29 heavy (non-hydrogen) atoms. The summed E-state index contributed by atoms with van der Waals surface area (Å²) < 4.78 is 13.8. The van der Waals surface area contributed by atoms with Crippen LogP contribution in [-0.4, -0.2) is 26.3 Å². The normalized spacial score (nSPS) is 15.1. The molecule has 1 atom stereocenters. The second kappa shape index (κ2) is 8.36. The Balaban J connectivity index is 1.51. The van der Waals surface area contributed by atoms with Gasteiger partial charge in [-0.1, -0.05) is 42.1 Å². The van der Waals surface area contributed by atoms with Crippen molar-refractivity contribution in [2.75, 3.05) is 6.61 Å². The molecule has 0 saturated heterocycles. The number of thioether (sulfide) groups is 1. The number of hydrogen-bond donors (Lipinski definition) is 0. The zero-order valence-electron chi connectivity index (χ0n) is 15.4. The monoisotopic (exact) mass is 410 g/mol. The number of hydrogen-bond acceptors (Lipinski definition) is 7. The van der Waals surface area contributed by atoms with Crippen molar-refractivity contribution in [1.29, 1.82) is 0 Å². The van der Waals surface area contributed by atoms with Gasteiger partial charge in [0.2, 0.25) is 0 Å². The molecule has 0 radical (unpaired) electrons. The summed E-state index contributed by atoms with van der Waals surface area (Å²) in [5.41, 5.74) is 1.03. The molecule has 4 rings (SSSR count). The minimum absolute atomic E-state index is 0.0746. The first-order valence-electron chi connectivity index (χ1n) is 8.94. The van der Waals surface area contributed by atoms with E-state index in [0.717, 1.165) is 10.7 Å². The molecule has 0 spiro atoms. The van der Waals surface area contributed by atoms with Crippen molar-refractivity contribution >= 4 is 17.4 Å². The van der Waals surface area contributed by atoms with Crippen LogP contribution in [0.25, 0.3) is 0 Å². The van der Waals surface area contributed by atoms with E-state index in [9.17, 15) is 10.1 Å². The van der Waals surface area contributed by atoms with Gasteiger partial charge in [0.15, 0.2) is 28.6 Å². The fourth-order valence-electron chi connectivity index (χ4n) is 2.95. The third-order valence-electron chi connectivity index (χ3n) is 4.37. The van der Waals surface area contributed by atoms with Crippen molar-refractivity contribution in [2.45, 2.75) is 23.6 Å². The summed E-state index contributed by atoms with van der Waals surface area (Å²) in [6.07, 6.45) is 1.41. The second-order valence-corrected chi connectivity index (χ2v) is 7.26. The minimum atomic E-state index is -0.408. The Labute approximate surface area is 171 Å². The predicted octanol–water partition coefficient (Wildman–Crippen LogP) is 4.18. The molecule has 0 saturated carbocycles. The molecule has 148 valence electrons. The number of para-hydroxylation sites is 2. The smallest absolute Gasteiger partial charge is 0.269 e. The van der Waals surface area contributed by atoms with E-state index in [0.29, 0.717) is 36.2 Å². The Kier molecular flexibility index (Phi) is 5.48. The molecule has 1 aliphatic rings. The number of ether oxygens (including phenoxy) is 2. The maximum Gasteiger partial charge on any atom is 0.269 e. The number of allylic oxidation sites excluding steroid dienone is 1. The van der Waals surface area contributed by atoms with Gasteiger partial charge in [0.25, 0.3) is 5.69 Å². The molecule has 0 amide bonds. The minimum Gasteiger partial charge on any atom is -0.485 e. The standard InChI is InChI=1S/C20H18N4O4S/c1-2-11-23-19(18-12-27-16-5-3-4-6-17(16)28-18)21-22-20(23)29-13-14-7-9-15(10-8-14)24(25)26/h2-10,18H,1,11-13H2/t18-/m1/s1. The van der Waals surface area contributed by atoms with Crippen LogP contribution in [-0.2, 0) is 12.3 Å². The summed E-state index contributed by atoms with van der Waals surface area (Å²) in [6, 6.07) is 14.0. The molecule has 1 aromatic heterocycles. The number of rotatable bonds is 7. The van der Waals surface area contributed by atoms with E-state index in [1.807, 2.05) is 28.8 Å². The number of nitro groups is 1. The second-order valence-electron chi connectivity index (χ2n) is 6.32. The molecule has 8 nitrogen and oxygen atoms in total. The molecule has 9 heteroatoms. The van der Waals surface area contributed by atoms with E-state index >= 15 is 0 Å². The van der Waals surface area contributed by atoms with Crippen molar-refractivity contribution < 1.29 is 14.4 Å². The molecular weight excluding hydrogens is 392 g/mol. The number of nitrogens with zero attached hydrogens (tertiary/aromatic N) is 4. The van der Waals surface area contributed by atoms with Gasteiger partial charge in [0.1, 0.15) is 6.61 Å². The predicted molar refractivity (Wildman–Crippen MR) is 108 cm³/mol. The average molecular weight is 410 g/mol. The van der Waals surface area contributed by atoms with Gasteiger partial charge >= 0.3 is 0 Å². The highest BCUT2D eigenvalue weighted by Crippen LogP contribution is 2.36. The van der Waals surface area contributed by atoms with E-state index in [-0.39, 0.29) is 11.8 Å². The first-order chi connectivity index (χ1) is 14.2. The third kappa shape index (κ3) is 4.09. The maximum atomic E-state index is 10.8. The summed E-state index contributed by atoms with van der Waals surface area (Å²) in [5.74, 6) is 2.67. The molecule has 0 unspecified atom stereocenters. The Bertz CT molecular complexity index is 1040. The van der Waals surface area contributed by atoms with Gasteiger partial charge in [0.05, 0.1) is 4.92 Å². The summed E-state index contributed by atoms with van der Waals surface area (Å²) >= 11 is 1.50. The zero-order valence-corrected chi connectivity index (χ0v) is 16.2. The van der Waals surface area contributed by atoms with Crippen molar-refractivity contribution in [1.82, 2.24) is 14.8 Å². The quantitative estimate of drug-likeness (QED) is 0.250. The van der Waals surface area contributed by atoms with Gasteiger partial charge < -0.3 is 9.47 Å². The number of fused-ring (bicyclic) bond motifs is 1. The highest BCUT2D eigenvalue weighted by molar-refractivity contribution is 7.98. The first kappa shape index (κ1) is 19.0. The van der Waals surface area contributed by atoms with E-state index in [4.69, 9.17) is 9.47 Å². The summed E-state index contributed by atoms with van der Waals surface area (Å²) in [5, 5.41) is 20.2. The van der Waals surface area contributed by atoms with Gasteiger partial charge in [0, 0.05) is 24.4 Å². The first-order valence-corrected chi connectivity index (χ1v) is 9.93. The summed E-state index contributed by atoms with van der Waals surface area (Å²) in [4.78, 5) is 10.4.